The molecule has 6 heterocycles. The quantitative estimate of drug-likeness (QED) is 0.195. The van der Waals surface area contributed by atoms with E-state index in [0.717, 1.165) is 37.1 Å². The highest BCUT2D eigenvalue weighted by Crippen LogP contribution is 2.43. The number of rotatable bonds is 6. The van der Waals surface area contributed by atoms with E-state index in [1.165, 1.54) is 23.1 Å². The average molecular weight is 709 g/mol. The molecule has 49 heavy (non-hydrogen) atoms. The van der Waals surface area contributed by atoms with Crippen LogP contribution in [0.2, 0.25) is 10.0 Å². The molecule has 4 aromatic rings. The average Bonchev–Trinajstić information content (AvgIpc) is 3.81. The van der Waals surface area contributed by atoms with Crippen LogP contribution in [0.1, 0.15) is 65.0 Å². The van der Waals surface area contributed by atoms with Gasteiger partial charge < -0.3 is 15.0 Å². The van der Waals surface area contributed by atoms with Gasteiger partial charge in [0, 0.05) is 67.2 Å². The topological polar surface area (TPSA) is 122 Å². The molecule has 2 N–H and O–H groups in total. The van der Waals surface area contributed by atoms with Crippen LogP contribution in [-0.4, -0.2) is 61.4 Å². The number of nitrogens with zero attached hydrogens (tertiary/aromatic N) is 5. The first-order valence-corrected chi connectivity index (χ1v) is 16.7. The van der Waals surface area contributed by atoms with Crippen LogP contribution in [0.15, 0.2) is 48.9 Å². The first kappa shape index (κ1) is 31.7. The molecule has 2 fully saturated rings. The lowest BCUT2D eigenvalue weighted by molar-refractivity contribution is -0.136. The van der Waals surface area contributed by atoms with Gasteiger partial charge in [-0.1, -0.05) is 23.2 Å². The highest BCUT2D eigenvalue weighted by atomic mass is 35.5. The molecule has 4 aliphatic heterocycles. The third-order valence-corrected chi connectivity index (χ3v) is 10.4. The SMILES string of the molecule is O=C1CCC(N2Cc3cc(CN4CCC(n5cc(-c6cnc7c(c6)O[C@@H](c6c(Cl)ccc(F)c6Cl)N7)cn5)CC4)c(F)cc3C2=O)C(=O)N1. The number of ether oxygens (including phenoxy) is 1. The van der Waals surface area contributed by atoms with Gasteiger partial charge in [0.1, 0.15) is 17.7 Å². The van der Waals surface area contributed by atoms with E-state index in [2.05, 4.69) is 25.6 Å². The molecule has 15 heteroatoms. The zero-order chi connectivity index (χ0) is 34.0. The molecule has 2 aromatic heterocycles. The molecule has 3 amide bonds. The molecule has 0 spiro atoms. The lowest BCUT2D eigenvalue weighted by Gasteiger charge is -2.32. The van der Waals surface area contributed by atoms with E-state index in [4.69, 9.17) is 27.9 Å². The summed E-state index contributed by atoms with van der Waals surface area (Å²) in [7, 11) is 0. The number of anilines is 1. The van der Waals surface area contributed by atoms with E-state index in [-0.39, 0.29) is 46.9 Å². The van der Waals surface area contributed by atoms with Crippen molar-refractivity contribution >= 4 is 46.7 Å². The first-order valence-electron chi connectivity index (χ1n) is 15.9. The maximum Gasteiger partial charge on any atom is 0.255 e. The summed E-state index contributed by atoms with van der Waals surface area (Å²) in [6.07, 6.45) is 6.69. The molecule has 0 bridgehead atoms. The summed E-state index contributed by atoms with van der Waals surface area (Å²) in [6, 6.07) is 6.88. The van der Waals surface area contributed by atoms with Gasteiger partial charge in [0.05, 0.1) is 27.8 Å². The van der Waals surface area contributed by atoms with E-state index in [1.807, 2.05) is 16.9 Å². The Morgan fingerprint density at radius 1 is 0.980 bits per heavy atom. The second-order valence-electron chi connectivity index (χ2n) is 12.7. The number of piperidine rings is 2. The number of hydrogen-bond donors (Lipinski definition) is 2. The summed E-state index contributed by atoms with van der Waals surface area (Å²) in [5, 5.41) is 10.2. The highest BCUT2D eigenvalue weighted by Gasteiger charge is 2.40. The maximum atomic E-state index is 15.2. The number of likely N-dealkylation sites (tertiary alicyclic amines) is 1. The van der Waals surface area contributed by atoms with E-state index in [1.54, 1.807) is 18.5 Å². The van der Waals surface area contributed by atoms with Gasteiger partial charge in [0.2, 0.25) is 18.0 Å². The molecule has 0 aliphatic carbocycles. The van der Waals surface area contributed by atoms with Crippen molar-refractivity contribution in [2.45, 2.75) is 57.1 Å². The number of pyridine rings is 1. The van der Waals surface area contributed by atoms with Crippen molar-refractivity contribution in [3.8, 4) is 16.9 Å². The van der Waals surface area contributed by atoms with Gasteiger partial charge in [-0.25, -0.2) is 13.8 Å². The monoisotopic (exact) mass is 707 g/mol. The lowest BCUT2D eigenvalue weighted by Crippen LogP contribution is -2.52. The Hall–Kier alpha value is -4.59. The number of imide groups is 1. The normalized spacial score (nSPS) is 21.0. The van der Waals surface area contributed by atoms with E-state index in [0.29, 0.717) is 34.8 Å². The fraction of sp³-hybridized carbons (Fsp3) is 0.324. The van der Waals surface area contributed by atoms with Crippen LogP contribution in [0, 0.1) is 11.6 Å². The van der Waals surface area contributed by atoms with Crippen LogP contribution in [0.25, 0.3) is 11.1 Å². The van der Waals surface area contributed by atoms with Crippen LogP contribution in [0.4, 0.5) is 14.6 Å². The number of benzene rings is 2. The summed E-state index contributed by atoms with van der Waals surface area (Å²) in [5.41, 5.74) is 3.40. The Balaban J connectivity index is 0.894. The molecule has 0 radical (unpaired) electrons. The van der Waals surface area contributed by atoms with Crippen LogP contribution in [0.5, 0.6) is 5.75 Å². The molecule has 4 aliphatic rings. The Morgan fingerprint density at radius 2 is 1.80 bits per heavy atom. The van der Waals surface area contributed by atoms with Gasteiger partial charge in [-0.05, 0) is 55.2 Å². The second-order valence-corrected chi connectivity index (χ2v) is 13.5. The fourth-order valence-corrected chi connectivity index (χ4v) is 7.60. The lowest BCUT2D eigenvalue weighted by atomic mass is 10.0. The molecule has 8 rings (SSSR count). The van der Waals surface area contributed by atoms with Gasteiger partial charge in [0.25, 0.3) is 5.91 Å². The summed E-state index contributed by atoms with van der Waals surface area (Å²) in [4.78, 5) is 45.1. The van der Waals surface area contributed by atoms with Crippen LogP contribution < -0.4 is 15.4 Å². The Kier molecular flexibility index (Phi) is 8.00. The molecule has 0 saturated carbocycles. The number of carbonyl (C=O) groups is 3. The third-order valence-electron chi connectivity index (χ3n) is 9.66. The Bertz CT molecular complexity index is 2030. The van der Waals surface area contributed by atoms with Crippen molar-refractivity contribution < 1.29 is 27.9 Å². The smallest absolute Gasteiger partial charge is 0.255 e. The minimum absolute atomic E-state index is 0.113. The van der Waals surface area contributed by atoms with E-state index < -0.39 is 35.7 Å². The van der Waals surface area contributed by atoms with Crippen LogP contribution >= 0.6 is 23.2 Å². The van der Waals surface area contributed by atoms with Crippen molar-refractivity contribution in [2.75, 3.05) is 18.4 Å². The molecular formula is C34H29Cl2F2N7O4. The Labute approximate surface area is 289 Å². The number of halogens is 4. The third kappa shape index (κ3) is 5.79. The standard InChI is InChI=1S/C34H29Cl2F2N7O4/c35-23-1-2-24(37)30(36)29(23)33-42-31-27(49-33)10-17(12-39-31)20-13-40-45(16-20)21-5-7-43(8-6-21)14-19-9-18-15-44(34(48)22(18)11-25(19)38)26-3-4-28(46)41-32(26)47/h1-2,9-13,16,21,26,33H,3-8,14-15H2,(H,39,42)(H,41,46,47)/t26?,33-/m0/s1. The van der Waals surface area contributed by atoms with E-state index >= 15 is 4.39 Å². The molecule has 2 aromatic carbocycles. The van der Waals surface area contributed by atoms with Crippen molar-refractivity contribution in [1.29, 1.82) is 0 Å². The minimum Gasteiger partial charge on any atom is -0.462 e. The largest absolute Gasteiger partial charge is 0.462 e. The zero-order valence-electron chi connectivity index (χ0n) is 25.9. The number of aromatic nitrogens is 3. The molecule has 252 valence electrons. The van der Waals surface area contributed by atoms with Gasteiger partial charge >= 0.3 is 0 Å². The number of hydrogen-bond acceptors (Lipinski definition) is 8. The van der Waals surface area contributed by atoms with Gasteiger partial charge in [-0.15, -0.1) is 0 Å². The maximum absolute atomic E-state index is 15.2. The minimum atomic E-state index is -0.790. The van der Waals surface area contributed by atoms with Gasteiger partial charge in [-0.2, -0.15) is 5.10 Å². The fourth-order valence-electron chi connectivity index (χ4n) is 7.03. The summed E-state index contributed by atoms with van der Waals surface area (Å²) < 4.78 is 37.3. The number of fused-ring (bicyclic) bond motifs is 2. The molecule has 2 atom stereocenters. The molecule has 2 saturated heterocycles. The number of amides is 3. The van der Waals surface area contributed by atoms with Gasteiger partial charge in [-0.3, -0.25) is 29.3 Å². The number of carbonyl (C=O) groups excluding carboxylic acids is 3. The summed E-state index contributed by atoms with van der Waals surface area (Å²) >= 11 is 12.5. The predicted octanol–water partition coefficient (Wildman–Crippen LogP) is 5.63. The van der Waals surface area contributed by atoms with Crippen molar-refractivity contribution in [3.63, 3.8) is 0 Å². The predicted molar refractivity (Wildman–Crippen MR) is 175 cm³/mol. The summed E-state index contributed by atoms with van der Waals surface area (Å²) in [6.45, 7) is 2.05. The van der Waals surface area contributed by atoms with E-state index in [9.17, 15) is 18.8 Å². The van der Waals surface area contributed by atoms with Gasteiger partial charge in [0.15, 0.2) is 11.6 Å². The van der Waals surface area contributed by atoms with Crippen molar-refractivity contribution in [1.82, 2.24) is 29.9 Å². The number of nitrogens with one attached hydrogen (secondary N) is 2. The Morgan fingerprint density at radius 3 is 2.59 bits per heavy atom. The molecular weight excluding hydrogens is 679 g/mol. The van der Waals surface area contributed by atoms with Crippen LogP contribution in [-0.2, 0) is 22.7 Å². The van der Waals surface area contributed by atoms with Crippen molar-refractivity contribution in [3.05, 3.63) is 92.9 Å². The molecule has 1 unspecified atom stereocenters. The van der Waals surface area contributed by atoms with Crippen LogP contribution in [0.3, 0.4) is 0 Å². The molecule has 11 nitrogen and oxygen atoms in total. The zero-order valence-corrected chi connectivity index (χ0v) is 27.4. The highest BCUT2D eigenvalue weighted by molar-refractivity contribution is 6.36. The second kappa shape index (κ2) is 12.4. The van der Waals surface area contributed by atoms with Crippen molar-refractivity contribution in [2.24, 2.45) is 0 Å². The first-order chi connectivity index (χ1) is 23.6. The summed E-state index contributed by atoms with van der Waals surface area (Å²) in [5.74, 6) is -1.32.